The topological polar surface area (TPSA) is 123 Å². The van der Waals surface area contributed by atoms with Gasteiger partial charge < -0.3 is 25.8 Å². The van der Waals surface area contributed by atoms with Gasteiger partial charge in [0.1, 0.15) is 17.6 Å². The zero-order valence-electron chi connectivity index (χ0n) is 18.8. The highest BCUT2D eigenvalue weighted by atomic mass is 35.5. The molecule has 34 heavy (non-hydrogen) atoms. The maximum Gasteiger partial charge on any atom is 0.323 e. The second-order valence-electron chi connectivity index (χ2n) is 7.64. The Morgan fingerprint density at radius 1 is 1.00 bits per heavy atom. The third kappa shape index (κ3) is 6.18. The molecule has 0 radical (unpaired) electrons. The van der Waals surface area contributed by atoms with Crippen LogP contribution in [-0.4, -0.2) is 23.1 Å². The number of urea groups is 1. The molecule has 9 heteroatoms. The maximum atomic E-state index is 12.5. The third-order valence-corrected chi connectivity index (χ3v) is 5.19. The molecule has 0 saturated carbocycles. The molecule has 0 saturated heterocycles. The summed E-state index contributed by atoms with van der Waals surface area (Å²) in [6, 6.07) is 15.8. The van der Waals surface area contributed by atoms with E-state index in [9.17, 15) is 14.7 Å². The number of carbonyl (C=O) groups excluding carboxylic acids is 2. The van der Waals surface area contributed by atoms with Crippen molar-refractivity contribution in [2.45, 2.75) is 26.9 Å². The zero-order chi connectivity index (χ0) is 24.8. The van der Waals surface area contributed by atoms with Gasteiger partial charge in [-0.3, -0.25) is 4.79 Å². The van der Waals surface area contributed by atoms with E-state index in [-0.39, 0.29) is 22.0 Å². The predicted octanol–water partition coefficient (Wildman–Crippen LogP) is 5.58. The molecule has 8 nitrogen and oxygen atoms in total. The van der Waals surface area contributed by atoms with Crippen molar-refractivity contribution >= 4 is 40.6 Å². The summed E-state index contributed by atoms with van der Waals surface area (Å²) in [5, 5.41) is 27.3. The molecule has 0 fully saturated rings. The van der Waals surface area contributed by atoms with Gasteiger partial charge in [-0.1, -0.05) is 29.3 Å². The molecule has 0 aromatic heterocycles. The first-order valence-electron chi connectivity index (χ1n) is 10.3. The first-order valence-corrected chi connectivity index (χ1v) is 10.7. The lowest BCUT2D eigenvalue weighted by molar-refractivity contribution is -0.122. The van der Waals surface area contributed by atoms with Crippen molar-refractivity contribution in [1.29, 1.82) is 5.26 Å². The number of nitrogens with zero attached hydrogens (tertiary/aromatic N) is 1. The lowest BCUT2D eigenvalue weighted by atomic mass is 10.1. The van der Waals surface area contributed by atoms with Crippen LogP contribution in [0.1, 0.15) is 23.6 Å². The number of hydrogen-bond donors (Lipinski definition) is 4. The summed E-state index contributed by atoms with van der Waals surface area (Å²) in [6.45, 7) is 5.51. The number of halogens is 1. The van der Waals surface area contributed by atoms with Crippen molar-refractivity contribution < 1.29 is 19.4 Å². The highest BCUT2D eigenvalue weighted by molar-refractivity contribution is 6.31. The number of benzene rings is 3. The van der Waals surface area contributed by atoms with E-state index in [1.54, 1.807) is 13.0 Å². The number of carbonyl (C=O) groups is 2. The van der Waals surface area contributed by atoms with E-state index in [1.807, 2.05) is 38.1 Å². The molecule has 3 rings (SSSR count). The summed E-state index contributed by atoms with van der Waals surface area (Å²) in [7, 11) is 0. The van der Waals surface area contributed by atoms with E-state index < -0.39 is 18.0 Å². The monoisotopic (exact) mass is 478 g/mol. The molecule has 3 aromatic rings. The number of anilines is 3. The van der Waals surface area contributed by atoms with E-state index in [0.29, 0.717) is 17.1 Å². The summed E-state index contributed by atoms with van der Waals surface area (Å²) in [6.07, 6.45) is -0.773. The minimum atomic E-state index is -0.773. The first kappa shape index (κ1) is 24.4. The van der Waals surface area contributed by atoms with Crippen LogP contribution >= 0.6 is 11.6 Å². The predicted molar refractivity (Wildman–Crippen MR) is 132 cm³/mol. The number of rotatable bonds is 6. The summed E-state index contributed by atoms with van der Waals surface area (Å²) >= 11 is 5.88. The first-order chi connectivity index (χ1) is 16.2. The normalized spacial score (nSPS) is 11.1. The van der Waals surface area contributed by atoms with Crippen LogP contribution in [0.5, 0.6) is 11.5 Å². The van der Waals surface area contributed by atoms with Crippen LogP contribution in [0.2, 0.25) is 5.02 Å². The Morgan fingerprint density at radius 3 is 2.38 bits per heavy atom. The number of phenols is 1. The Morgan fingerprint density at radius 2 is 1.71 bits per heavy atom. The van der Waals surface area contributed by atoms with Crippen molar-refractivity contribution in [3.8, 4) is 17.6 Å². The number of nitrogens with one attached hydrogen (secondary N) is 3. The van der Waals surface area contributed by atoms with Gasteiger partial charge in [0, 0.05) is 17.4 Å². The molecule has 3 aromatic carbocycles. The van der Waals surface area contributed by atoms with Gasteiger partial charge in [0.15, 0.2) is 6.10 Å². The lowest BCUT2D eigenvalue weighted by Gasteiger charge is -2.17. The molecule has 0 aliphatic rings. The number of aryl methyl sites for hydroxylation is 2. The van der Waals surface area contributed by atoms with Crippen LogP contribution in [0, 0.1) is 25.2 Å². The van der Waals surface area contributed by atoms with E-state index in [0.717, 1.165) is 11.1 Å². The molecular formula is C25H23ClN4O4. The maximum absolute atomic E-state index is 12.5. The van der Waals surface area contributed by atoms with Crippen molar-refractivity contribution in [2.75, 3.05) is 16.0 Å². The van der Waals surface area contributed by atoms with E-state index in [4.69, 9.17) is 21.6 Å². The molecule has 1 atom stereocenters. The number of aromatic hydroxyl groups is 1. The van der Waals surface area contributed by atoms with Crippen LogP contribution in [0.3, 0.4) is 0 Å². The van der Waals surface area contributed by atoms with Gasteiger partial charge in [-0.25, -0.2) is 4.79 Å². The molecule has 3 amide bonds. The highest BCUT2D eigenvalue weighted by Crippen LogP contribution is 2.28. The Labute approximate surface area is 202 Å². The largest absolute Gasteiger partial charge is 0.506 e. The molecule has 0 heterocycles. The fourth-order valence-corrected chi connectivity index (χ4v) is 3.27. The second-order valence-corrected chi connectivity index (χ2v) is 8.04. The standard InChI is InChI=1S/C25H23ClN4O4/c1-14-4-9-23(15(2)10-14)34-16(3)24(32)28-19-6-8-21(22(31)12-19)30-25(33)29-18-5-7-20(26)17(11-18)13-27/h4-12,16,31H,1-3H3,(H,28,32)(H2,29,30,33). The van der Waals surface area contributed by atoms with E-state index >= 15 is 0 Å². The smallest absolute Gasteiger partial charge is 0.323 e. The Bertz CT molecular complexity index is 1290. The van der Waals surface area contributed by atoms with Gasteiger partial charge in [-0.05, 0) is 62.7 Å². The van der Waals surface area contributed by atoms with Crippen LogP contribution < -0.4 is 20.7 Å². The molecular weight excluding hydrogens is 456 g/mol. The minimum absolute atomic E-state index is 0.129. The van der Waals surface area contributed by atoms with Gasteiger partial charge in [0.25, 0.3) is 5.91 Å². The zero-order valence-corrected chi connectivity index (χ0v) is 19.5. The van der Waals surface area contributed by atoms with Gasteiger partial charge in [-0.15, -0.1) is 0 Å². The van der Waals surface area contributed by atoms with E-state index in [1.165, 1.54) is 30.3 Å². The number of amides is 3. The molecule has 174 valence electrons. The summed E-state index contributed by atoms with van der Waals surface area (Å²) in [4.78, 5) is 24.8. The van der Waals surface area contributed by atoms with Crippen molar-refractivity contribution in [3.05, 3.63) is 76.3 Å². The van der Waals surface area contributed by atoms with Crippen molar-refractivity contribution in [1.82, 2.24) is 0 Å². The highest BCUT2D eigenvalue weighted by Gasteiger charge is 2.17. The van der Waals surface area contributed by atoms with Crippen LogP contribution in [0.4, 0.5) is 21.9 Å². The Kier molecular flexibility index (Phi) is 7.61. The average molecular weight is 479 g/mol. The number of nitriles is 1. The fraction of sp³-hybridized carbons (Fsp3) is 0.160. The number of ether oxygens (including phenoxy) is 1. The summed E-state index contributed by atoms with van der Waals surface area (Å²) in [5.41, 5.74) is 3.07. The van der Waals surface area contributed by atoms with Crippen LogP contribution in [-0.2, 0) is 4.79 Å². The molecule has 0 spiro atoms. The van der Waals surface area contributed by atoms with Gasteiger partial charge >= 0.3 is 6.03 Å². The van der Waals surface area contributed by atoms with Gasteiger partial charge in [0.2, 0.25) is 0 Å². The second kappa shape index (κ2) is 10.6. The summed E-state index contributed by atoms with van der Waals surface area (Å²) in [5.74, 6) is -0.0252. The molecule has 0 bridgehead atoms. The Hall–Kier alpha value is -4.22. The summed E-state index contributed by atoms with van der Waals surface area (Å²) < 4.78 is 5.75. The van der Waals surface area contributed by atoms with E-state index in [2.05, 4.69) is 16.0 Å². The lowest BCUT2D eigenvalue weighted by Crippen LogP contribution is -2.30. The fourth-order valence-electron chi connectivity index (χ4n) is 3.11. The Balaban J connectivity index is 1.60. The quantitative estimate of drug-likeness (QED) is 0.344. The molecule has 4 N–H and O–H groups in total. The van der Waals surface area contributed by atoms with Crippen LogP contribution in [0.25, 0.3) is 0 Å². The van der Waals surface area contributed by atoms with Crippen molar-refractivity contribution in [2.24, 2.45) is 0 Å². The van der Waals surface area contributed by atoms with Crippen molar-refractivity contribution in [3.63, 3.8) is 0 Å². The minimum Gasteiger partial charge on any atom is -0.506 e. The SMILES string of the molecule is Cc1ccc(OC(C)C(=O)Nc2ccc(NC(=O)Nc3ccc(Cl)c(C#N)c3)c(O)c2)c(C)c1. The number of hydrogen-bond acceptors (Lipinski definition) is 5. The molecule has 1 unspecified atom stereocenters. The third-order valence-electron chi connectivity index (χ3n) is 4.86. The average Bonchev–Trinajstić information content (AvgIpc) is 2.78. The van der Waals surface area contributed by atoms with Gasteiger partial charge in [0.05, 0.1) is 16.3 Å². The number of phenolic OH excluding ortho intramolecular Hbond substituents is 1. The molecule has 0 aliphatic heterocycles. The van der Waals surface area contributed by atoms with Gasteiger partial charge in [-0.2, -0.15) is 5.26 Å². The molecule has 0 aliphatic carbocycles. The van der Waals surface area contributed by atoms with Crippen LogP contribution in [0.15, 0.2) is 54.6 Å².